The molecule has 6 aromatic carbocycles. The first-order valence-corrected chi connectivity index (χ1v) is 35.9. The molecule has 0 unspecified atom stereocenters. The van der Waals surface area contributed by atoms with Crippen molar-refractivity contribution in [1.82, 2.24) is 14.7 Å². The molecule has 0 bridgehead atoms. The topological polar surface area (TPSA) is 375 Å². The van der Waals surface area contributed by atoms with E-state index in [9.17, 15) is 64.2 Å². The van der Waals surface area contributed by atoms with Crippen LogP contribution in [-0.4, -0.2) is 208 Å². The highest BCUT2D eigenvalue weighted by Crippen LogP contribution is 2.48. The summed E-state index contributed by atoms with van der Waals surface area (Å²) in [6.07, 6.45) is -0.206. The molecule has 3 aliphatic rings. The molecule has 3 fully saturated rings. The molecule has 0 aliphatic carbocycles. The van der Waals surface area contributed by atoms with Gasteiger partial charge >= 0.3 is 23.9 Å². The molecule has 6 atom stereocenters. The number of fused-ring (bicyclic) bond motifs is 3. The van der Waals surface area contributed by atoms with Crippen molar-refractivity contribution in [3.8, 4) is 68.5 Å². The van der Waals surface area contributed by atoms with E-state index in [4.69, 9.17) is 81.6 Å². The van der Waals surface area contributed by atoms with Crippen molar-refractivity contribution < 1.29 is 101 Å². The second kappa shape index (κ2) is 38.6. The monoisotopic (exact) mass is 1570 g/mol. The van der Waals surface area contributed by atoms with E-state index < -0.39 is 87.7 Å². The number of β-amino-alcohol motifs (C(OH)–C–C–N with tert-alkyl or cyclic N) is 1. The van der Waals surface area contributed by atoms with Crippen molar-refractivity contribution in [1.29, 1.82) is 0 Å². The molecule has 30 heteroatoms. The first-order valence-electron chi connectivity index (χ1n) is 34.8. The number of rotatable bonds is 21. The number of benzene rings is 6. The zero-order chi connectivity index (χ0) is 78.9. The van der Waals surface area contributed by atoms with Crippen LogP contribution in [0.3, 0.4) is 0 Å². The zero-order valence-corrected chi connectivity index (χ0v) is 63.2. The van der Waals surface area contributed by atoms with Crippen molar-refractivity contribution in [3.63, 3.8) is 0 Å². The SMILES string of the molecule is CN1CC[C@H](c2c(O)cc(O)c3c(=O)cc(-c4ccccc4Cl)oc23)[C@H](O)C1.COCCC(=O)O.COCCC(=O)O[C@@H]1CN(C)CC[C@@H]1c1c(O)cc(O)c2c(=O)cc(-c3ccccc3Cl)oc12.COCCC(=O)Oc1cc(O)c2c(=O)cc(-c3ccccc3Cl)oc2c1[C@H]1CCN(C)C[C@H]1OC(=O)CCOC. The second-order valence-electron chi connectivity index (χ2n) is 26.4. The van der Waals surface area contributed by atoms with Crippen molar-refractivity contribution in [3.05, 3.63) is 172 Å². The fourth-order valence-electron chi connectivity index (χ4n) is 13.3. The van der Waals surface area contributed by atoms with Gasteiger partial charge in [0.1, 0.15) is 96.9 Å². The number of aliphatic hydroxyl groups is 1. The molecule has 3 aliphatic heterocycles. The van der Waals surface area contributed by atoms with Crippen LogP contribution in [0, 0.1) is 0 Å². The number of carboxylic acids is 1. The predicted molar refractivity (Wildman–Crippen MR) is 407 cm³/mol. The largest absolute Gasteiger partial charge is 0.507 e. The Morgan fingerprint density at radius 2 is 0.771 bits per heavy atom. The summed E-state index contributed by atoms with van der Waals surface area (Å²) in [4.78, 5) is 92.6. The predicted octanol–water partition coefficient (Wildman–Crippen LogP) is 11.4. The lowest BCUT2D eigenvalue weighted by Gasteiger charge is -2.37. The molecule has 0 amide bonds. The molecule has 7 N–H and O–H groups in total. The van der Waals surface area contributed by atoms with Gasteiger partial charge in [0.25, 0.3) is 0 Å². The van der Waals surface area contributed by atoms with Crippen LogP contribution in [0.25, 0.3) is 66.9 Å². The second-order valence-corrected chi connectivity index (χ2v) is 27.6. The summed E-state index contributed by atoms with van der Waals surface area (Å²) >= 11 is 19.0. The third-order valence-electron chi connectivity index (χ3n) is 18.7. The number of hydrogen-bond donors (Lipinski definition) is 7. The van der Waals surface area contributed by atoms with Crippen LogP contribution < -0.4 is 21.0 Å². The number of hydrogen-bond acceptors (Lipinski definition) is 26. The number of piperidine rings is 3. The quantitative estimate of drug-likeness (QED) is 0.0259. The van der Waals surface area contributed by atoms with Crippen LogP contribution in [0.4, 0.5) is 0 Å². The van der Waals surface area contributed by atoms with Crippen LogP contribution >= 0.6 is 34.8 Å². The fraction of sp³-hybridized carbons (Fsp3) is 0.380. The minimum atomic E-state index is -0.818. The number of aliphatic hydroxyl groups excluding tert-OH is 1. The Balaban J connectivity index is 0.000000182. The molecule has 3 aromatic heterocycles. The molecule has 0 spiro atoms. The number of phenols is 5. The van der Waals surface area contributed by atoms with Gasteiger partial charge in [-0.15, -0.1) is 0 Å². The molecule has 9 aromatic rings. The van der Waals surface area contributed by atoms with Gasteiger partial charge in [0, 0.05) is 136 Å². The van der Waals surface area contributed by atoms with Crippen molar-refractivity contribution in [2.75, 3.05) is 115 Å². The minimum absolute atomic E-state index is 0.0121. The highest BCUT2D eigenvalue weighted by molar-refractivity contribution is 6.34. The van der Waals surface area contributed by atoms with Crippen LogP contribution in [-0.2, 0) is 47.6 Å². The zero-order valence-electron chi connectivity index (χ0n) is 60.9. The number of carboxylic acid groups (broad SMARTS) is 1. The molecule has 109 heavy (non-hydrogen) atoms. The molecule has 6 heterocycles. The number of carbonyl (C=O) groups is 4. The number of esters is 3. The number of phenolic OH excluding ortho intramolecular Hbond substituents is 5. The Kier molecular flexibility index (Phi) is 29.6. The normalized spacial score (nSPS) is 18.2. The Morgan fingerprint density at radius 3 is 1.14 bits per heavy atom. The van der Waals surface area contributed by atoms with E-state index in [0.717, 1.165) is 18.7 Å². The standard InChI is InChI=1S/C29H32ClNO9.C25H26ClNO7.C21H20ClNO5.C4H8O3/c1-31-11-8-18(24(16-31)39-26(35)10-13-37-3)27-23(38-25(34)9-12-36-2)15-21(33)28-20(32)14-22(40-29(27)28)17-6-4-5-7-19(17)30;1-27-9-7-15(21(13-27)33-22(31)8-10-32-2)23-17(28)11-18(29)24-19(30)12-20(34-25(23)24)14-5-3-4-6-16(14)26;1-23-7-6-12(17(27)10-23)19-14(24)8-15(25)20-16(26)9-18(28-21(19)20)11-4-2-3-5-13(11)22;1-7-3-2-4(5)6/h4-7,14-15,18,24,33H,8-13,16H2,1-3H3;3-6,11-12,15,21,28-29H,7-10,13H2,1-2H3;2-5,8-9,12,17,24-25,27H,6-7,10H2,1H3;2-3H2,1H3,(H,5,6)/t18-,24+;15-,21+;12-,17+;/m000./s1. The van der Waals surface area contributed by atoms with E-state index in [2.05, 4.69) is 4.74 Å². The van der Waals surface area contributed by atoms with Gasteiger partial charge in [0.2, 0.25) is 0 Å². The molecule has 0 radical (unpaired) electrons. The lowest BCUT2D eigenvalue weighted by molar-refractivity contribution is -0.154. The summed E-state index contributed by atoms with van der Waals surface area (Å²) < 4.78 is 55.2. The van der Waals surface area contributed by atoms with Crippen LogP contribution in [0.1, 0.15) is 79.4 Å². The summed E-state index contributed by atoms with van der Waals surface area (Å²) in [5.74, 6) is -4.70. The number of carbonyl (C=O) groups excluding carboxylic acids is 3. The van der Waals surface area contributed by atoms with E-state index in [1.807, 2.05) is 35.8 Å². The average Bonchev–Trinajstić information content (AvgIpc) is 0.761. The average molecular weight is 1570 g/mol. The van der Waals surface area contributed by atoms with Crippen LogP contribution in [0.15, 0.2) is 137 Å². The molecule has 3 saturated heterocycles. The van der Waals surface area contributed by atoms with E-state index in [1.54, 1.807) is 72.8 Å². The number of likely N-dealkylation sites (N-methyl/N-ethyl adjacent to an activating group) is 3. The van der Waals surface area contributed by atoms with Crippen molar-refractivity contribution in [2.24, 2.45) is 0 Å². The summed E-state index contributed by atoms with van der Waals surface area (Å²) in [5.41, 5.74) is 1.23. The lowest BCUT2D eigenvalue weighted by atomic mass is 9.85. The summed E-state index contributed by atoms with van der Waals surface area (Å²) in [7, 11) is 11.7. The number of ether oxygens (including phenoxy) is 7. The Bertz CT molecular complexity index is 4930. The van der Waals surface area contributed by atoms with E-state index in [-0.39, 0.29) is 119 Å². The van der Waals surface area contributed by atoms with Crippen molar-refractivity contribution >= 4 is 91.6 Å². The number of likely N-dealkylation sites (tertiary alicyclic amines) is 3. The van der Waals surface area contributed by atoms with Crippen LogP contribution in [0.2, 0.25) is 15.1 Å². The van der Waals surface area contributed by atoms with Gasteiger partial charge in [-0.2, -0.15) is 0 Å². The first-order chi connectivity index (χ1) is 52.2. The van der Waals surface area contributed by atoms with Gasteiger partial charge < -0.3 is 96.9 Å². The Labute approximate surface area is 640 Å². The van der Waals surface area contributed by atoms with Gasteiger partial charge in [-0.1, -0.05) is 71.2 Å². The fourth-order valence-corrected chi connectivity index (χ4v) is 14.0. The smallest absolute Gasteiger partial charge is 0.313 e. The van der Waals surface area contributed by atoms with Crippen LogP contribution in [0.5, 0.6) is 34.5 Å². The minimum Gasteiger partial charge on any atom is -0.507 e. The maximum absolute atomic E-state index is 13.3. The number of aromatic hydroxyl groups is 5. The van der Waals surface area contributed by atoms with Gasteiger partial charge in [0.15, 0.2) is 16.3 Å². The molecule has 27 nitrogen and oxygen atoms in total. The highest BCUT2D eigenvalue weighted by Gasteiger charge is 2.40. The maximum atomic E-state index is 13.3. The maximum Gasteiger partial charge on any atom is 0.313 e. The molecule has 0 saturated carbocycles. The Morgan fingerprint density at radius 1 is 0.440 bits per heavy atom. The number of methoxy groups -OCH3 is 4. The van der Waals surface area contributed by atoms with Gasteiger partial charge in [-0.3, -0.25) is 33.6 Å². The lowest BCUT2D eigenvalue weighted by Crippen LogP contribution is -2.43. The highest BCUT2D eigenvalue weighted by atomic mass is 35.5. The Hall–Kier alpha value is -9.62. The molecular weight excluding hydrogens is 1480 g/mol. The van der Waals surface area contributed by atoms with Gasteiger partial charge in [0.05, 0.1) is 73.3 Å². The van der Waals surface area contributed by atoms with E-state index in [0.29, 0.717) is 107 Å². The summed E-state index contributed by atoms with van der Waals surface area (Å²) in [6, 6.07) is 28.0. The molecule has 582 valence electrons. The number of nitrogens with zero attached hydrogens (tertiary/aromatic N) is 3. The van der Waals surface area contributed by atoms with E-state index in [1.165, 1.54) is 52.7 Å². The molecule has 12 rings (SSSR count). The molecular formula is C79H86Cl3N3O24. The number of aliphatic carboxylic acids is 1. The third-order valence-corrected chi connectivity index (χ3v) is 19.6. The summed E-state index contributed by atoms with van der Waals surface area (Å²) in [6.45, 7) is 4.14. The van der Waals surface area contributed by atoms with E-state index >= 15 is 0 Å². The number of halogens is 3. The third kappa shape index (κ3) is 20.6. The van der Waals surface area contributed by atoms with Gasteiger partial charge in [-0.25, -0.2) is 0 Å². The van der Waals surface area contributed by atoms with Gasteiger partial charge in [-0.05, 0) is 96.4 Å². The summed E-state index contributed by atoms with van der Waals surface area (Å²) in [5, 5.41) is 72.7. The first kappa shape index (κ1) is 83.4. The van der Waals surface area contributed by atoms with Crippen molar-refractivity contribution in [2.45, 2.75) is 81.0 Å².